The summed E-state index contributed by atoms with van der Waals surface area (Å²) in [5.41, 5.74) is 2.16. The van der Waals surface area contributed by atoms with E-state index in [1.165, 1.54) is 30.6 Å². The van der Waals surface area contributed by atoms with Crippen LogP contribution < -0.4 is 10.1 Å². The highest BCUT2D eigenvalue weighted by molar-refractivity contribution is 7.17. The first-order valence-electron chi connectivity index (χ1n) is 10.9. The van der Waals surface area contributed by atoms with Gasteiger partial charge in [-0.15, -0.1) is 11.3 Å². The normalized spacial score (nSPS) is 14.4. The molecule has 2 aromatic rings. The Morgan fingerprint density at radius 2 is 1.77 bits per heavy atom. The zero-order valence-electron chi connectivity index (χ0n) is 18.1. The summed E-state index contributed by atoms with van der Waals surface area (Å²) in [7, 11) is 0. The Balaban J connectivity index is 1.88. The van der Waals surface area contributed by atoms with E-state index in [1.807, 2.05) is 38.1 Å². The molecule has 0 spiro atoms. The highest BCUT2D eigenvalue weighted by atomic mass is 32.1. The predicted octanol–water partition coefficient (Wildman–Crippen LogP) is 6.21. The van der Waals surface area contributed by atoms with Crippen molar-refractivity contribution in [2.24, 2.45) is 5.92 Å². The van der Waals surface area contributed by atoms with Gasteiger partial charge in [0.2, 0.25) is 5.91 Å². The van der Waals surface area contributed by atoms with Crippen LogP contribution in [0.2, 0.25) is 0 Å². The topological polar surface area (TPSA) is 64.6 Å². The highest BCUT2D eigenvalue weighted by Gasteiger charge is 2.26. The van der Waals surface area contributed by atoms with Crippen LogP contribution in [0.3, 0.4) is 0 Å². The molecular weight excluding hydrogens is 398 g/mol. The van der Waals surface area contributed by atoms with Crippen molar-refractivity contribution in [2.75, 3.05) is 18.5 Å². The molecule has 162 valence electrons. The number of carbonyl (C=O) groups is 2. The Morgan fingerprint density at radius 3 is 2.40 bits per heavy atom. The third kappa shape index (κ3) is 5.42. The second-order valence-corrected chi connectivity index (χ2v) is 8.90. The van der Waals surface area contributed by atoms with Crippen LogP contribution in [0.25, 0.3) is 11.1 Å². The van der Waals surface area contributed by atoms with E-state index in [0.29, 0.717) is 29.5 Å². The lowest BCUT2D eigenvalue weighted by atomic mass is 9.87. The molecular formula is C24H31NO4S. The second kappa shape index (κ2) is 10.6. The average molecular weight is 430 g/mol. The van der Waals surface area contributed by atoms with E-state index in [4.69, 9.17) is 9.47 Å². The molecule has 1 aromatic carbocycles. The number of hydrogen-bond acceptors (Lipinski definition) is 5. The van der Waals surface area contributed by atoms with Gasteiger partial charge in [0.15, 0.2) is 0 Å². The van der Waals surface area contributed by atoms with Crippen molar-refractivity contribution in [3.05, 3.63) is 34.7 Å². The monoisotopic (exact) mass is 429 g/mol. The van der Waals surface area contributed by atoms with Gasteiger partial charge in [-0.2, -0.15) is 0 Å². The zero-order valence-corrected chi connectivity index (χ0v) is 18.9. The summed E-state index contributed by atoms with van der Waals surface area (Å²) in [5.74, 6) is 0.801. The smallest absolute Gasteiger partial charge is 0.341 e. The number of hydrogen-bond donors (Lipinski definition) is 1. The van der Waals surface area contributed by atoms with Gasteiger partial charge in [0, 0.05) is 16.9 Å². The number of amides is 1. The minimum Gasteiger partial charge on any atom is -0.494 e. The number of aryl methyl sites for hydroxylation is 1. The Kier molecular flexibility index (Phi) is 7.91. The lowest BCUT2D eigenvalue weighted by Crippen LogP contribution is -2.19. The zero-order chi connectivity index (χ0) is 21.5. The largest absolute Gasteiger partial charge is 0.494 e. The Bertz CT molecular complexity index is 866. The molecule has 1 aliphatic rings. The molecule has 1 heterocycles. The van der Waals surface area contributed by atoms with Crippen LogP contribution in [0.4, 0.5) is 5.00 Å². The van der Waals surface area contributed by atoms with Gasteiger partial charge in [0.1, 0.15) is 16.3 Å². The summed E-state index contributed by atoms with van der Waals surface area (Å²) in [6.45, 7) is 6.58. The van der Waals surface area contributed by atoms with Crippen LogP contribution in [0, 0.1) is 12.8 Å². The van der Waals surface area contributed by atoms with Crippen LogP contribution >= 0.6 is 11.3 Å². The molecule has 1 fully saturated rings. The molecule has 1 N–H and O–H groups in total. The molecule has 0 bridgehead atoms. The standard InChI is InChI=1S/C24H31NO4S/c1-4-28-19-13-11-18(12-14-19)21-16(3)30-23(22(21)24(27)29-5-2)25-20(26)15-17-9-7-6-8-10-17/h11-14,17H,4-10,15H2,1-3H3,(H,25,26). The minimum absolute atomic E-state index is 0.0213. The third-order valence-electron chi connectivity index (χ3n) is 5.47. The molecule has 1 aromatic heterocycles. The maximum Gasteiger partial charge on any atom is 0.341 e. The van der Waals surface area contributed by atoms with Crippen molar-refractivity contribution in [2.45, 2.75) is 59.3 Å². The van der Waals surface area contributed by atoms with Gasteiger partial charge < -0.3 is 14.8 Å². The molecule has 6 heteroatoms. The first kappa shape index (κ1) is 22.3. The van der Waals surface area contributed by atoms with Crippen molar-refractivity contribution in [1.29, 1.82) is 0 Å². The molecule has 3 rings (SSSR count). The average Bonchev–Trinajstić information content (AvgIpc) is 3.05. The maximum atomic E-state index is 12.8. The molecule has 0 unspecified atom stereocenters. The van der Waals surface area contributed by atoms with Gasteiger partial charge in [-0.3, -0.25) is 4.79 Å². The van der Waals surface area contributed by atoms with Gasteiger partial charge in [0.25, 0.3) is 0 Å². The molecule has 1 aliphatic carbocycles. The van der Waals surface area contributed by atoms with E-state index in [2.05, 4.69) is 5.32 Å². The van der Waals surface area contributed by atoms with Crippen molar-refractivity contribution in [3.63, 3.8) is 0 Å². The van der Waals surface area contributed by atoms with Crippen molar-refractivity contribution >= 4 is 28.2 Å². The summed E-state index contributed by atoms with van der Waals surface area (Å²) in [6.07, 6.45) is 6.40. The van der Waals surface area contributed by atoms with Crippen LogP contribution in [0.5, 0.6) is 5.75 Å². The molecule has 30 heavy (non-hydrogen) atoms. The number of esters is 1. The fourth-order valence-electron chi connectivity index (χ4n) is 4.09. The van der Waals surface area contributed by atoms with E-state index < -0.39 is 5.97 Å². The number of ether oxygens (including phenoxy) is 2. The van der Waals surface area contributed by atoms with Crippen molar-refractivity contribution in [1.82, 2.24) is 0 Å². The van der Waals surface area contributed by atoms with Crippen LogP contribution in [0.15, 0.2) is 24.3 Å². The SMILES string of the molecule is CCOC(=O)c1c(NC(=O)CC2CCCCC2)sc(C)c1-c1ccc(OCC)cc1. The lowest BCUT2D eigenvalue weighted by molar-refractivity contribution is -0.117. The summed E-state index contributed by atoms with van der Waals surface area (Å²) >= 11 is 1.43. The van der Waals surface area contributed by atoms with Crippen molar-refractivity contribution in [3.8, 4) is 16.9 Å². The predicted molar refractivity (Wildman–Crippen MR) is 121 cm³/mol. The first-order valence-corrected chi connectivity index (χ1v) is 11.7. The fourth-order valence-corrected chi connectivity index (χ4v) is 5.17. The van der Waals surface area contributed by atoms with Crippen LogP contribution in [-0.4, -0.2) is 25.1 Å². The van der Waals surface area contributed by atoms with Crippen LogP contribution in [0.1, 0.15) is 67.6 Å². The molecule has 0 radical (unpaired) electrons. The second-order valence-electron chi connectivity index (χ2n) is 7.67. The Hall–Kier alpha value is -2.34. The number of carbonyl (C=O) groups excluding carboxylic acids is 2. The molecule has 0 atom stereocenters. The van der Waals surface area contributed by atoms with Gasteiger partial charge in [0.05, 0.1) is 13.2 Å². The van der Waals surface area contributed by atoms with Gasteiger partial charge in [-0.25, -0.2) is 4.79 Å². The molecule has 1 amide bonds. The third-order valence-corrected chi connectivity index (χ3v) is 6.49. The van der Waals surface area contributed by atoms with Crippen LogP contribution in [-0.2, 0) is 9.53 Å². The quantitative estimate of drug-likeness (QED) is 0.507. The summed E-state index contributed by atoms with van der Waals surface area (Å²) in [6, 6.07) is 7.67. The van der Waals surface area contributed by atoms with E-state index in [-0.39, 0.29) is 12.5 Å². The first-order chi connectivity index (χ1) is 14.5. The van der Waals surface area contributed by atoms with E-state index in [1.54, 1.807) is 6.92 Å². The van der Waals surface area contributed by atoms with E-state index in [9.17, 15) is 9.59 Å². The fraction of sp³-hybridized carbons (Fsp3) is 0.500. The molecule has 0 aliphatic heterocycles. The van der Waals surface area contributed by atoms with E-state index in [0.717, 1.165) is 34.6 Å². The number of nitrogens with one attached hydrogen (secondary N) is 1. The maximum absolute atomic E-state index is 12.8. The number of thiophene rings is 1. The van der Waals surface area contributed by atoms with Gasteiger partial charge in [-0.1, -0.05) is 31.4 Å². The summed E-state index contributed by atoms with van der Waals surface area (Å²) < 4.78 is 10.9. The number of benzene rings is 1. The summed E-state index contributed by atoms with van der Waals surface area (Å²) in [4.78, 5) is 26.5. The Labute approximate surface area is 182 Å². The van der Waals surface area contributed by atoms with Gasteiger partial charge >= 0.3 is 5.97 Å². The molecule has 0 saturated heterocycles. The van der Waals surface area contributed by atoms with Crippen molar-refractivity contribution < 1.29 is 19.1 Å². The number of rotatable bonds is 8. The van der Waals surface area contributed by atoms with E-state index >= 15 is 0 Å². The molecule has 1 saturated carbocycles. The Morgan fingerprint density at radius 1 is 1.07 bits per heavy atom. The highest BCUT2D eigenvalue weighted by Crippen LogP contribution is 2.41. The molecule has 5 nitrogen and oxygen atoms in total. The van der Waals surface area contributed by atoms with Gasteiger partial charge in [-0.05, 0) is 57.2 Å². The lowest BCUT2D eigenvalue weighted by Gasteiger charge is -2.20. The minimum atomic E-state index is -0.404. The summed E-state index contributed by atoms with van der Waals surface area (Å²) in [5, 5.41) is 3.59. The number of anilines is 1.